The summed E-state index contributed by atoms with van der Waals surface area (Å²) in [4.78, 5) is 34.1. The van der Waals surface area contributed by atoms with Crippen molar-refractivity contribution in [3.05, 3.63) is 90.0 Å². The smallest absolute Gasteiger partial charge is 0.266 e. The van der Waals surface area contributed by atoms with Gasteiger partial charge >= 0.3 is 0 Å². The van der Waals surface area contributed by atoms with Gasteiger partial charge in [-0.2, -0.15) is 0 Å². The van der Waals surface area contributed by atoms with Crippen molar-refractivity contribution in [1.82, 2.24) is 0 Å². The number of aromatic hydroxyl groups is 1. The molecule has 2 amide bonds. The number of phenolic OH excluding ortho intramolecular Hbond substituents is 1. The van der Waals surface area contributed by atoms with E-state index in [2.05, 4.69) is 6.92 Å². The summed E-state index contributed by atoms with van der Waals surface area (Å²) in [6.45, 7) is 2.06. The van der Waals surface area contributed by atoms with Crippen molar-refractivity contribution in [2.75, 3.05) is 9.96 Å². The van der Waals surface area contributed by atoms with Gasteiger partial charge in [-0.05, 0) is 53.9 Å². The Hall–Kier alpha value is -3.64. The Balaban J connectivity index is 1.56. The lowest BCUT2D eigenvalue weighted by atomic mass is 9.90. The molecular formula is C25H22N2O4. The summed E-state index contributed by atoms with van der Waals surface area (Å²) in [5.41, 5.74) is 3.24. The number of carbonyl (C=O) groups is 2. The van der Waals surface area contributed by atoms with Gasteiger partial charge in [-0.1, -0.05) is 49.4 Å². The number of amides is 2. The van der Waals surface area contributed by atoms with Gasteiger partial charge in [0.05, 0.1) is 17.4 Å². The molecule has 6 heteroatoms. The standard InChI is InChI=1S/C25H22N2O4/c1-2-16-8-12-18(13-9-16)26-24(29)21-22(17-10-14-20(28)15-11-17)27(31-23(21)25(26)30)19-6-4-3-5-7-19/h3-15,21-23,28H,2H2,1H3/t21-,22+,23+/m1/s1. The third kappa shape index (κ3) is 3.16. The number of anilines is 2. The Bertz CT molecular complexity index is 1110. The first kappa shape index (κ1) is 19.3. The molecule has 1 N–H and O–H groups in total. The molecule has 5 rings (SSSR count). The summed E-state index contributed by atoms with van der Waals surface area (Å²) >= 11 is 0. The van der Waals surface area contributed by atoms with Gasteiger partial charge in [0.2, 0.25) is 5.91 Å². The van der Waals surface area contributed by atoms with Crippen LogP contribution in [0.15, 0.2) is 78.9 Å². The lowest BCUT2D eigenvalue weighted by molar-refractivity contribution is -0.126. The Morgan fingerprint density at radius 1 is 0.839 bits per heavy atom. The highest BCUT2D eigenvalue weighted by molar-refractivity contribution is 6.23. The number of hydrogen-bond acceptors (Lipinski definition) is 5. The number of benzene rings is 3. The Morgan fingerprint density at radius 2 is 1.52 bits per heavy atom. The third-order valence-corrected chi connectivity index (χ3v) is 5.96. The van der Waals surface area contributed by atoms with Gasteiger partial charge < -0.3 is 5.11 Å². The first-order chi connectivity index (χ1) is 15.1. The van der Waals surface area contributed by atoms with Gasteiger partial charge in [0.1, 0.15) is 11.7 Å². The zero-order chi connectivity index (χ0) is 21.5. The summed E-state index contributed by atoms with van der Waals surface area (Å²) in [6.07, 6.45) is -0.0248. The molecule has 0 radical (unpaired) electrons. The maximum atomic E-state index is 13.5. The maximum absolute atomic E-state index is 13.5. The van der Waals surface area contributed by atoms with E-state index in [0.717, 1.165) is 23.2 Å². The van der Waals surface area contributed by atoms with Gasteiger partial charge in [-0.3, -0.25) is 14.4 Å². The topological polar surface area (TPSA) is 70.1 Å². The molecule has 2 aliphatic rings. The predicted molar refractivity (Wildman–Crippen MR) is 116 cm³/mol. The molecule has 2 heterocycles. The van der Waals surface area contributed by atoms with Crippen LogP contribution < -0.4 is 9.96 Å². The Morgan fingerprint density at radius 3 is 2.16 bits per heavy atom. The quantitative estimate of drug-likeness (QED) is 0.654. The zero-order valence-corrected chi connectivity index (χ0v) is 17.0. The largest absolute Gasteiger partial charge is 0.508 e. The van der Waals surface area contributed by atoms with Crippen LogP contribution in [0.3, 0.4) is 0 Å². The highest BCUT2D eigenvalue weighted by Gasteiger charge is 2.60. The average Bonchev–Trinajstić information content (AvgIpc) is 3.31. The van der Waals surface area contributed by atoms with E-state index in [0.29, 0.717) is 5.69 Å². The second kappa shape index (κ2) is 7.56. The molecule has 0 spiro atoms. The molecule has 31 heavy (non-hydrogen) atoms. The predicted octanol–water partition coefficient (Wildman–Crippen LogP) is 4.01. The molecule has 0 unspecified atom stereocenters. The van der Waals surface area contributed by atoms with Crippen molar-refractivity contribution in [2.45, 2.75) is 25.5 Å². The molecule has 0 aliphatic carbocycles. The molecule has 3 aromatic carbocycles. The van der Waals surface area contributed by atoms with E-state index >= 15 is 0 Å². The summed E-state index contributed by atoms with van der Waals surface area (Å²) in [5, 5.41) is 11.4. The van der Waals surface area contributed by atoms with Crippen LogP contribution in [0.4, 0.5) is 11.4 Å². The minimum atomic E-state index is -0.905. The van der Waals surface area contributed by atoms with E-state index < -0.39 is 18.1 Å². The van der Waals surface area contributed by atoms with Gasteiger partial charge in [0.25, 0.3) is 5.91 Å². The summed E-state index contributed by atoms with van der Waals surface area (Å²) in [7, 11) is 0. The van der Waals surface area contributed by atoms with E-state index in [-0.39, 0.29) is 17.6 Å². The van der Waals surface area contributed by atoms with Crippen molar-refractivity contribution in [3.8, 4) is 5.75 Å². The molecule has 2 saturated heterocycles. The molecule has 2 aliphatic heterocycles. The second-order valence-corrected chi connectivity index (χ2v) is 7.78. The maximum Gasteiger partial charge on any atom is 0.266 e. The summed E-state index contributed by atoms with van der Waals surface area (Å²) in [5.74, 6) is -1.20. The van der Waals surface area contributed by atoms with Crippen LogP contribution in [0.2, 0.25) is 0 Å². The minimum absolute atomic E-state index is 0.136. The van der Waals surface area contributed by atoms with Crippen LogP contribution >= 0.6 is 0 Å². The third-order valence-electron chi connectivity index (χ3n) is 5.96. The average molecular weight is 414 g/mol. The van der Waals surface area contributed by atoms with Gasteiger partial charge in [0.15, 0.2) is 6.10 Å². The highest BCUT2D eigenvalue weighted by atomic mass is 16.7. The minimum Gasteiger partial charge on any atom is -0.508 e. The van der Waals surface area contributed by atoms with E-state index in [9.17, 15) is 14.7 Å². The number of fused-ring (bicyclic) bond motifs is 1. The van der Waals surface area contributed by atoms with Crippen molar-refractivity contribution in [2.24, 2.45) is 5.92 Å². The monoisotopic (exact) mass is 414 g/mol. The zero-order valence-electron chi connectivity index (χ0n) is 17.0. The van der Waals surface area contributed by atoms with Crippen LogP contribution in [-0.4, -0.2) is 23.0 Å². The SMILES string of the molecule is CCc1ccc(N2C(=O)[C@H]3[C@H](ON(c4ccccc4)[C@H]3c3ccc(O)cc3)C2=O)cc1. The first-order valence-corrected chi connectivity index (χ1v) is 10.3. The Labute approximate surface area is 180 Å². The number of hydroxylamine groups is 1. The van der Waals surface area contributed by atoms with E-state index in [1.54, 1.807) is 41.5 Å². The molecule has 0 aromatic heterocycles. The van der Waals surface area contributed by atoms with Gasteiger partial charge in [-0.25, -0.2) is 9.96 Å². The number of aryl methyl sites for hydroxylation is 1. The van der Waals surface area contributed by atoms with Crippen molar-refractivity contribution >= 4 is 23.2 Å². The molecule has 0 saturated carbocycles. The number of imide groups is 1. The lowest BCUT2D eigenvalue weighted by Crippen LogP contribution is -2.37. The van der Waals surface area contributed by atoms with Crippen molar-refractivity contribution < 1.29 is 19.5 Å². The fraction of sp³-hybridized carbons (Fsp3) is 0.200. The van der Waals surface area contributed by atoms with Crippen LogP contribution in [0.25, 0.3) is 0 Å². The number of nitrogens with zero attached hydrogens (tertiary/aromatic N) is 2. The molecule has 2 fully saturated rings. The molecular weight excluding hydrogens is 392 g/mol. The second-order valence-electron chi connectivity index (χ2n) is 7.78. The number of carbonyl (C=O) groups excluding carboxylic acids is 2. The van der Waals surface area contributed by atoms with Crippen molar-refractivity contribution in [3.63, 3.8) is 0 Å². The van der Waals surface area contributed by atoms with Crippen molar-refractivity contribution in [1.29, 1.82) is 0 Å². The molecule has 3 aromatic rings. The highest BCUT2D eigenvalue weighted by Crippen LogP contribution is 2.47. The van der Waals surface area contributed by atoms with E-state index in [1.807, 2.05) is 42.5 Å². The van der Waals surface area contributed by atoms with E-state index in [4.69, 9.17) is 4.84 Å². The van der Waals surface area contributed by atoms with Crippen LogP contribution in [0.1, 0.15) is 24.1 Å². The van der Waals surface area contributed by atoms with Gasteiger partial charge in [-0.15, -0.1) is 0 Å². The number of para-hydroxylation sites is 1. The molecule has 0 bridgehead atoms. The van der Waals surface area contributed by atoms with E-state index in [1.165, 1.54) is 4.90 Å². The fourth-order valence-electron chi connectivity index (χ4n) is 4.36. The molecule has 3 atom stereocenters. The van der Waals surface area contributed by atoms with Crippen LogP contribution in [-0.2, 0) is 20.8 Å². The number of hydrogen-bond donors (Lipinski definition) is 1. The number of phenols is 1. The Kier molecular flexibility index (Phi) is 4.71. The molecule has 156 valence electrons. The lowest BCUT2D eigenvalue weighted by Gasteiger charge is -2.28. The normalized spacial score (nSPS) is 22.8. The van der Waals surface area contributed by atoms with Crippen LogP contribution in [0.5, 0.6) is 5.75 Å². The summed E-state index contributed by atoms with van der Waals surface area (Å²) < 4.78 is 0. The molecule has 6 nitrogen and oxygen atoms in total. The van der Waals surface area contributed by atoms with Gasteiger partial charge in [0, 0.05) is 0 Å². The number of rotatable bonds is 4. The van der Waals surface area contributed by atoms with Crippen LogP contribution in [0, 0.1) is 5.92 Å². The summed E-state index contributed by atoms with van der Waals surface area (Å²) in [6, 6.07) is 23.1. The first-order valence-electron chi connectivity index (χ1n) is 10.3. The fourth-order valence-corrected chi connectivity index (χ4v) is 4.36.